The standard InChI is InChI=1S/C13H16O4/c1-13(2,3)17-12(15)9-16-11-7-5-4-6-10(11)8-14/h4-8H,9H2,1-3H3. The van der Waals surface area contributed by atoms with Gasteiger partial charge in [0.15, 0.2) is 12.9 Å². The van der Waals surface area contributed by atoms with Crippen LogP contribution in [0.5, 0.6) is 5.75 Å². The number of ether oxygens (including phenoxy) is 2. The molecule has 0 atom stereocenters. The van der Waals surface area contributed by atoms with Crippen molar-refractivity contribution in [3.8, 4) is 5.75 Å². The van der Waals surface area contributed by atoms with E-state index in [0.29, 0.717) is 17.6 Å². The zero-order valence-corrected chi connectivity index (χ0v) is 10.2. The van der Waals surface area contributed by atoms with Crippen molar-refractivity contribution in [2.24, 2.45) is 0 Å². The normalized spacial score (nSPS) is 10.8. The Morgan fingerprint density at radius 2 is 1.94 bits per heavy atom. The molecule has 0 bridgehead atoms. The fraction of sp³-hybridized carbons (Fsp3) is 0.385. The number of hydrogen-bond donors (Lipinski definition) is 0. The first-order valence-corrected chi connectivity index (χ1v) is 5.31. The van der Waals surface area contributed by atoms with Crippen LogP contribution in [0.2, 0.25) is 0 Å². The molecule has 0 aromatic heterocycles. The summed E-state index contributed by atoms with van der Waals surface area (Å²) in [5.74, 6) is -0.0773. The van der Waals surface area contributed by atoms with Gasteiger partial charge in [-0.2, -0.15) is 0 Å². The first-order chi connectivity index (χ1) is 7.92. The molecule has 0 radical (unpaired) electrons. The lowest BCUT2D eigenvalue weighted by Gasteiger charge is -2.19. The van der Waals surface area contributed by atoms with Crippen LogP contribution in [-0.4, -0.2) is 24.5 Å². The van der Waals surface area contributed by atoms with Gasteiger partial charge < -0.3 is 9.47 Å². The van der Waals surface area contributed by atoms with E-state index in [0.717, 1.165) is 0 Å². The van der Waals surface area contributed by atoms with Gasteiger partial charge in [-0.15, -0.1) is 0 Å². The van der Waals surface area contributed by atoms with E-state index in [2.05, 4.69) is 0 Å². The van der Waals surface area contributed by atoms with Crippen molar-refractivity contribution < 1.29 is 19.1 Å². The molecule has 0 amide bonds. The van der Waals surface area contributed by atoms with Gasteiger partial charge in [0, 0.05) is 0 Å². The monoisotopic (exact) mass is 236 g/mol. The summed E-state index contributed by atoms with van der Waals surface area (Å²) < 4.78 is 10.3. The van der Waals surface area contributed by atoms with Crippen LogP contribution in [0, 0.1) is 0 Å². The second kappa shape index (κ2) is 5.48. The third-order valence-corrected chi connectivity index (χ3v) is 1.81. The molecule has 1 aromatic rings. The van der Waals surface area contributed by atoms with Crippen LogP contribution in [0.4, 0.5) is 0 Å². The Labute approximate surface area is 101 Å². The van der Waals surface area contributed by atoms with Gasteiger partial charge in [0.05, 0.1) is 5.56 Å². The highest BCUT2D eigenvalue weighted by molar-refractivity contribution is 5.79. The number of para-hydroxylation sites is 1. The molecule has 0 fully saturated rings. The highest BCUT2D eigenvalue weighted by Gasteiger charge is 2.16. The number of carbonyl (C=O) groups excluding carboxylic acids is 2. The van der Waals surface area contributed by atoms with Crippen LogP contribution in [0.15, 0.2) is 24.3 Å². The summed E-state index contributed by atoms with van der Waals surface area (Å²) in [5, 5.41) is 0. The molecule has 1 rings (SSSR count). The zero-order chi connectivity index (χ0) is 12.9. The lowest BCUT2D eigenvalue weighted by Crippen LogP contribution is -2.27. The topological polar surface area (TPSA) is 52.6 Å². The Kier molecular flexibility index (Phi) is 4.26. The summed E-state index contributed by atoms with van der Waals surface area (Å²) in [6.07, 6.45) is 0.685. The highest BCUT2D eigenvalue weighted by Crippen LogP contribution is 2.16. The first-order valence-electron chi connectivity index (χ1n) is 5.31. The Bertz CT molecular complexity index is 404. The predicted molar refractivity (Wildman–Crippen MR) is 63.2 cm³/mol. The van der Waals surface area contributed by atoms with Crippen LogP contribution < -0.4 is 4.74 Å². The van der Waals surface area contributed by atoms with E-state index in [-0.39, 0.29) is 6.61 Å². The minimum Gasteiger partial charge on any atom is -0.481 e. The minimum absolute atomic E-state index is 0.206. The van der Waals surface area contributed by atoms with Crippen molar-refractivity contribution >= 4 is 12.3 Å². The third kappa shape index (κ3) is 4.68. The maximum atomic E-state index is 11.4. The SMILES string of the molecule is CC(C)(C)OC(=O)COc1ccccc1C=O. The van der Waals surface area contributed by atoms with Crippen molar-refractivity contribution in [2.45, 2.75) is 26.4 Å². The van der Waals surface area contributed by atoms with Crippen molar-refractivity contribution in [3.05, 3.63) is 29.8 Å². The fourth-order valence-corrected chi connectivity index (χ4v) is 1.22. The number of benzene rings is 1. The Balaban J connectivity index is 2.56. The summed E-state index contributed by atoms with van der Waals surface area (Å²) in [6, 6.07) is 6.72. The van der Waals surface area contributed by atoms with E-state index in [4.69, 9.17) is 9.47 Å². The van der Waals surface area contributed by atoms with Crippen LogP contribution in [0.3, 0.4) is 0 Å². The molecule has 0 heterocycles. The van der Waals surface area contributed by atoms with Crippen LogP contribution >= 0.6 is 0 Å². The van der Waals surface area contributed by atoms with Crippen molar-refractivity contribution in [1.29, 1.82) is 0 Å². The zero-order valence-electron chi connectivity index (χ0n) is 10.2. The van der Waals surface area contributed by atoms with E-state index in [9.17, 15) is 9.59 Å². The maximum Gasteiger partial charge on any atom is 0.344 e. The summed E-state index contributed by atoms with van der Waals surface area (Å²) in [7, 11) is 0. The molecule has 92 valence electrons. The van der Waals surface area contributed by atoms with Gasteiger partial charge in [-0.05, 0) is 32.9 Å². The van der Waals surface area contributed by atoms with Crippen LogP contribution in [0.25, 0.3) is 0 Å². The fourth-order valence-electron chi connectivity index (χ4n) is 1.22. The average Bonchev–Trinajstić information content (AvgIpc) is 2.24. The molecule has 0 unspecified atom stereocenters. The van der Waals surface area contributed by atoms with Gasteiger partial charge in [-0.3, -0.25) is 4.79 Å². The first kappa shape index (κ1) is 13.2. The molecule has 0 spiro atoms. The molecular weight excluding hydrogens is 220 g/mol. The molecular formula is C13H16O4. The molecule has 0 aliphatic carbocycles. The molecule has 1 aromatic carbocycles. The van der Waals surface area contributed by atoms with Gasteiger partial charge in [-0.1, -0.05) is 12.1 Å². The summed E-state index contributed by atoms with van der Waals surface area (Å²) in [4.78, 5) is 22.1. The summed E-state index contributed by atoms with van der Waals surface area (Å²) in [5.41, 5.74) is -0.124. The molecule has 4 heteroatoms. The molecule has 0 aliphatic heterocycles. The van der Waals surface area contributed by atoms with Gasteiger partial charge >= 0.3 is 5.97 Å². The highest BCUT2D eigenvalue weighted by atomic mass is 16.6. The maximum absolute atomic E-state index is 11.4. The number of rotatable bonds is 4. The Morgan fingerprint density at radius 3 is 2.53 bits per heavy atom. The van der Waals surface area contributed by atoms with Gasteiger partial charge in [0.2, 0.25) is 0 Å². The minimum atomic E-state index is -0.537. The van der Waals surface area contributed by atoms with E-state index in [1.807, 2.05) is 0 Å². The molecule has 17 heavy (non-hydrogen) atoms. The predicted octanol–water partition coefficient (Wildman–Crippen LogP) is 2.22. The lowest BCUT2D eigenvalue weighted by molar-refractivity contribution is -0.157. The number of esters is 1. The average molecular weight is 236 g/mol. The second-order valence-electron chi connectivity index (χ2n) is 4.53. The molecule has 0 aliphatic rings. The lowest BCUT2D eigenvalue weighted by atomic mass is 10.2. The van der Waals surface area contributed by atoms with Gasteiger partial charge in [0.1, 0.15) is 11.4 Å². The number of carbonyl (C=O) groups is 2. The molecule has 0 N–H and O–H groups in total. The Morgan fingerprint density at radius 1 is 1.29 bits per heavy atom. The Hall–Kier alpha value is -1.84. The molecule has 4 nitrogen and oxygen atoms in total. The van der Waals surface area contributed by atoms with E-state index in [1.165, 1.54) is 0 Å². The summed E-state index contributed by atoms with van der Waals surface area (Å²) >= 11 is 0. The molecule has 0 saturated heterocycles. The third-order valence-electron chi connectivity index (χ3n) is 1.81. The van der Waals surface area contributed by atoms with Crippen molar-refractivity contribution in [2.75, 3.05) is 6.61 Å². The van der Waals surface area contributed by atoms with Crippen LogP contribution in [0.1, 0.15) is 31.1 Å². The van der Waals surface area contributed by atoms with E-state index < -0.39 is 11.6 Å². The quantitative estimate of drug-likeness (QED) is 0.594. The van der Waals surface area contributed by atoms with Crippen molar-refractivity contribution in [1.82, 2.24) is 0 Å². The smallest absolute Gasteiger partial charge is 0.344 e. The van der Waals surface area contributed by atoms with Gasteiger partial charge in [0.25, 0.3) is 0 Å². The number of aldehydes is 1. The molecule has 0 saturated carbocycles. The van der Waals surface area contributed by atoms with E-state index >= 15 is 0 Å². The number of hydrogen-bond acceptors (Lipinski definition) is 4. The summed E-state index contributed by atoms with van der Waals surface area (Å²) in [6.45, 7) is 5.14. The van der Waals surface area contributed by atoms with Crippen molar-refractivity contribution in [3.63, 3.8) is 0 Å². The van der Waals surface area contributed by atoms with Crippen LogP contribution in [-0.2, 0) is 9.53 Å². The largest absolute Gasteiger partial charge is 0.481 e. The second-order valence-corrected chi connectivity index (χ2v) is 4.53. The van der Waals surface area contributed by atoms with Gasteiger partial charge in [-0.25, -0.2) is 4.79 Å². The van der Waals surface area contributed by atoms with E-state index in [1.54, 1.807) is 45.0 Å².